The summed E-state index contributed by atoms with van der Waals surface area (Å²) >= 11 is 0. The lowest BCUT2D eigenvalue weighted by molar-refractivity contribution is 0.102. The summed E-state index contributed by atoms with van der Waals surface area (Å²) in [5, 5.41) is 2.76. The van der Waals surface area contributed by atoms with Gasteiger partial charge in [-0.1, -0.05) is 12.1 Å². The van der Waals surface area contributed by atoms with Gasteiger partial charge in [-0.25, -0.2) is 13.1 Å². The maximum atomic E-state index is 12.9. The Morgan fingerprint density at radius 3 is 2.69 bits per heavy atom. The van der Waals surface area contributed by atoms with Crippen LogP contribution in [0.1, 0.15) is 23.7 Å². The standard InChI is InChI=1S/C20H24N2O6S/c1-3-28-19-7-5-4-6-17(19)21-20(23)16-12-15(8-9-18(16)26-2)29(24,25)22-14-10-11-27-13-14/h4-9,12,14,22H,3,10-11,13H2,1-2H3,(H,21,23)/t14-/m0/s1. The molecule has 1 amide bonds. The van der Waals surface area contributed by atoms with Crippen LogP contribution in [-0.2, 0) is 14.8 Å². The number of amides is 1. The normalized spacial score (nSPS) is 16.4. The van der Waals surface area contributed by atoms with Crippen LogP contribution in [-0.4, -0.2) is 47.3 Å². The van der Waals surface area contributed by atoms with E-state index in [9.17, 15) is 13.2 Å². The average molecular weight is 420 g/mol. The number of sulfonamides is 1. The molecule has 2 N–H and O–H groups in total. The summed E-state index contributed by atoms with van der Waals surface area (Å²) in [5.74, 6) is 0.281. The van der Waals surface area contributed by atoms with Gasteiger partial charge in [0.2, 0.25) is 10.0 Å². The van der Waals surface area contributed by atoms with Gasteiger partial charge in [-0.2, -0.15) is 0 Å². The molecule has 0 spiro atoms. The van der Waals surface area contributed by atoms with E-state index in [0.29, 0.717) is 37.7 Å². The van der Waals surface area contributed by atoms with Crippen molar-refractivity contribution in [3.63, 3.8) is 0 Å². The number of benzene rings is 2. The third-order valence-electron chi connectivity index (χ3n) is 4.41. The zero-order valence-electron chi connectivity index (χ0n) is 16.3. The summed E-state index contributed by atoms with van der Waals surface area (Å²) in [6, 6.07) is 10.9. The maximum Gasteiger partial charge on any atom is 0.259 e. The number of anilines is 1. The minimum absolute atomic E-state index is 0.0200. The zero-order chi connectivity index (χ0) is 20.9. The smallest absolute Gasteiger partial charge is 0.259 e. The highest BCUT2D eigenvalue weighted by molar-refractivity contribution is 7.89. The molecule has 8 nitrogen and oxygen atoms in total. The van der Waals surface area contributed by atoms with Gasteiger partial charge in [0.25, 0.3) is 5.91 Å². The minimum Gasteiger partial charge on any atom is -0.496 e. The van der Waals surface area contributed by atoms with E-state index in [4.69, 9.17) is 14.2 Å². The molecule has 0 unspecified atom stereocenters. The Hall–Kier alpha value is -2.62. The minimum atomic E-state index is -3.80. The second-order valence-corrected chi connectivity index (χ2v) is 8.14. The second-order valence-electron chi connectivity index (χ2n) is 6.43. The van der Waals surface area contributed by atoms with Crippen LogP contribution in [0.3, 0.4) is 0 Å². The molecule has 0 saturated carbocycles. The van der Waals surface area contributed by atoms with Crippen LogP contribution in [0.25, 0.3) is 0 Å². The van der Waals surface area contributed by atoms with Crippen molar-refractivity contribution in [1.82, 2.24) is 4.72 Å². The molecule has 2 aromatic carbocycles. The lowest BCUT2D eigenvalue weighted by Crippen LogP contribution is -2.35. The molecule has 0 radical (unpaired) electrons. The van der Waals surface area contributed by atoms with Gasteiger partial charge < -0.3 is 19.5 Å². The van der Waals surface area contributed by atoms with Crippen molar-refractivity contribution in [2.75, 3.05) is 32.2 Å². The number of hydrogen-bond donors (Lipinski definition) is 2. The average Bonchev–Trinajstić information content (AvgIpc) is 3.21. The zero-order valence-corrected chi connectivity index (χ0v) is 17.1. The second kappa shape index (κ2) is 9.25. The van der Waals surface area contributed by atoms with Crippen LogP contribution in [0.15, 0.2) is 47.4 Å². The molecule has 0 aliphatic carbocycles. The third kappa shape index (κ3) is 5.06. The molecule has 1 fully saturated rings. The summed E-state index contributed by atoms with van der Waals surface area (Å²) in [4.78, 5) is 12.9. The summed E-state index contributed by atoms with van der Waals surface area (Å²) in [6.45, 7) is 3.14. The molecule has 0 bridgehead atoms. The molecule has 29 heavy (non-hydrogen) atoms. The first-order valence-corrected chi connectivity index (χ1v) is 10.7. The number of methoxy groups -OCH3 is 1. The molecule has 156 valence electrons. The van der Waals surface area contributed by atoms with Gasteiger partial charge in [0, 0.05) is 12.6 Å². The van der Waals surface area contributed by atoms with Crippen molar-refractivity contribution in [2.45, 2.75) is 24.3 Å². The highest BCUT2D eigenvalue weighted by Gasteiger charge is 2.25. The first kappa shape index (κ1) is 21.1. The fraction of sp³-hybridized carbons (Fsp3) is 0.350. The molecule has 3 rings (SSSR count). The van der Waals surface area contributed by atoms with Crippen molar-refractivity contribution < 1.29 is 27.4 Å². The Balaban J connectivity index is 1.88. The number of carbonyl (C=O) groups excluding carboxylic acids is 1. The van der Waals surface area contributed by atoms with Crippen molar-refractivity contribution >= 4 is 21.6 Å². The molecule has 2 aromatic rings. The molecule has 1 aliphatic heterocycles. The Morgan fingerprint density at radius 1 is 1.21 bits per heavy atom. The molecule has 1 heterocycles. The maximum absolute atomic E-state index is 12.9. The Labute approximate surface area is 170 Å². The monoisotopic (exact) mass is 420 g/mol. The SMILES string of the molecule is CCOc1ccccc1NC(=O)c1cc(S(=O)(=O)N[C@H]2CCOC2)ccc1OC. The van der Waals surface area contributed by atoms with Gasteiger partial charge in [-0.3, -0.25) is 4.79 Å². The Morgan fingerprint density at radius 2 is 2.00 bits per heavy atom. The van der Waals surface area contributed by atoms with Gasteiger partial charge in [-0.05, 0) is 43.7 Å². The van der Waals surface area contributed by atoms with Gasteiger partial charge in [0.1, 0.15) is 11.5 Å². The van der Waals surface area contributed by atoms with E-state index >= 15 is 0 Å². The highest BCUT2D eigenvalue weighted by Crippen LogP contribution is 2.27. The number of hydrogen-bond acceptors (Lipinski definition) is 6. The molecule has 1 atom stereocenters. The van der Waals surface area contributed by atoms with E-state index < -0.39 is 15.9 Å². The van der Waals surface area contributed by atoms with Crippen molar-refractivity contribution in [3.8, 4) is 11.5 Å². The van der Waals surface area contributed by atoms with Crippen LogP contribution < -0.4 is 19.5 Å². The lowest BCUT2D eigenvalue weighted by Gasteiger charge is -2.15. The van der Waals surface area contributed by atoms with Crippen LogP contribution in [0.2, 0.25) is 0 Å². The summed E-state index contributed by atoms with van der Waals surface area (Å²) in [7, 11) is -2.39. The first-order valence-electron chi connectivity index (χ1n) is 9.26. The lowest BCUT2D eigenvalue weighted by atomic mass is 10.1. The Kier molecular flexibility index (Phi) is 6.73. The largest absolute Gasteiger partial charge is 0.496 e. The number of ether oxygens (including phenoxy) is 3. The third-order valence-corrected chi connectivity index (χ3v) is 5.93. The Bertz CT molecular complexity index is 971. The van der Waals surface area contributed by atoms with E-state index in [1.807, 2.05) is 6.92 Å². The van der Waals surface area contributed by atoms with E-state index in [0.717, 1.165) is 0 Å². The number of carbonyl (C=O) groups is 1. The fourth-order valence-corrected chi connectivity index (χ4v) is 4.27. The fourth-order valence-electron chi connectivity index (χ4n) is 2.99. The molecule has 9 heteroatoms. The van der Waals surface area contributed by atoms with Crippen molar-refractivity contribution in [3.05, 3.63) is 48.0 Å². The van der Waals surface area contributed by atoms with E-state index in [1.165, 1.54) is 25.3 Å². The molecule has 1 aliphatic rings. The summed E-state index contributed by atoms with van der Waals surface area (Å²) in [5.41, 5.74) is 0.584. The van der Waals surface area contributed by atoms with Crippen LogP contribution >= 0.6 is 0 Å². The van der Waals surface area contributed by atoms with Gasteiger partial charge in [-0.15, -0.1) is 0 Å². The van der Waals surface area contributed by atoms with E-state index in [-0.39, 0.29) is 22.3 Å². The topological polar surface area (TPSA) is 103 Å². The van der Waals surface area contributed by atoms with Gasteiger partial charge in [0.15, 0.2) is 0 Å². The van der Waals surface area contributed by atoms with Crippen molar-refractivity contribution in [2.24, 2.45) is 0 Å². The molecule has 1 saturated heterocycles. The molecule has 0 aromatic heterocycles. The predicted molar refractivity (Wildman–Crippen MR) is 108 cm³/mol. The van der Waals surface area contributed by atoms with Gasteiger partial charge in [0.05, 0.1) is 36.5 Å². The van der Waals surface area contributed by atoms with Crippen LogP contribution in [0.5, 0.6) is 11.5 Å². The van der Waals surface area contributed by atoms with Gasteiger partial charge >= 0.3 is 0 Å². The number of para-hydroxylation sites is 2. The molecular weight excluding hydrogens is 396 g/mol. The molecular formula is C20H24N2O6S. The van der Waals surface area contributed by atoms with E-state index in [2.05, 4.69) is 10.0 Å². The first-order chi connectivity index (χ1) is 13.9. The van der Waals surface area contributed by atoms with E-state index in [1.54, 1.807) is 24.3 Å². The quantitative estimate of drug-likeness (QED) is 0.680. The van der Waals surface area contributed by atoms with Crippen LogP contribution in [0.4, 0.5) is 5.69 Å². The number of rotatable bonds is 8. The van der Waals surface area contributed by atoms with Crippen molar-refractivity contribution in [1.29, 1.82) is 0 Å². The highest BCUT2D eigenvalue weighted by atomic mass is 32.2. The van der Waals surface area contributed by atoms with Crippen LogP contribution in [0, 0.1) is 0 Å². The summed E-state index contributed by atoms with van der Waals surface area (Å²) in [6.07, 6.45) is 0.608. The number of nitrogens with one attached hydrogen (secondary N) is 2. The summed E-state index contributed by atoms with van der Waals surface area (Å²) < 4.78 is 44.0. The predicted octanol–water partition coefficient (Wildman–Crippen LogP) is 2.41.